The van der Waals surface area contributed by atoms with E-state index in [0.717, 1.165) is 29.3 Å². The van der Waals surface area contributed by atoms with Crippen LogP contribution in [0.15, 0.2) is 55.7 Å². The van der Waals surface area contributed by atoms with Gasteiger partial charge in [0.25, 0.3) is 11.1 Å². The number of rotatable bonds is 8. The van der Waals surface area contributed by atoms with Gasteiger partial charge in [-0.3, -0.25) is 14.5 Å². The molecule has 0 saturated carbocycles. The number of oxazole rings is 1. The van der Waals surface area contributed by atoms with Crippen LogP contribution in [0.1, 0.15) is 12.1 Å². The summed E-state index contributed by atoms with van der Waals surface area (Å²) in [6.07, 6.45) is 1.04. The number of carboxylic acid groups (broad SMARTS) is 1. The fourth-order valence-corrected chi connectivity index (χ4v) is 7.30. The first-order valence-corrected chi connectivity index (χ1v) is 13.1. The summed E-state index contributed by atoms with van der Waals surface area (Å²) in [5, 5.41) is 18.2. The Balaban J connectivity index is 1.63. The lowest BCUT2D eigenvalue weighted by atomic mass is 9.98. The number of oxime groups is 1. The largest absolute Gasteiger partial charge is 0.477 e. The van der Waals surface area contributed by atoms with Crippen LogP contribution in [0.2, 0.25) is 0 Å². The fourth-order valence-electron chi connectivity index (χ4n) is 3.93. The topological polar surface area (TPSA) is 173 Å². The van der Waals surface area contributed by atoms with Gasteiger partial charge >= 0.3 is 5.97 Å². The van der Waals surface area contributed by atoms with E-state index in [2.05, 4.69) is 25.3 Å². The molecule has 2 amide bonds. The fraction of sp³-hybridized carbons (Fsp3) is 0.238. The zero-order valence-corrected chi connectivity index (χ0v) is 21.0. The van der Waals surface area contributed by atoms with Crippen molar-refractivity contribution >= 4 is 75.1 Å². The van der Waals surface area contributed by atoms with E-state index in [-0.39, 0.29) is 34.5 Å². The molecular weight excluding hydrogens is 528 g/mol. The predicted molar refractivity (Wildman–Crippen MR) is 134 cm³/mol. The summed E-state index contributed by atoms with van der Waals surface area (Å²) in [6.45, 7) is 0. The van der Waals surface area contributed by atoms with E-state index in [1.807, 2.05) is 12.1 Å². The number of anilines is 1. The van der Waals surface area contributed by atoms with E-state index in [0.29, 0.717) is 22.0 Å². The smallest absolute Gasteiger partial charge is 0.352 e. The lowest BCUT2D eigenvalue weighted by molar-refractivity contribution is -0.146. The van der Waals surface area contributed by atoms with Crippen molar-refractivity contribution in [1.82, 2.24) is 20.2 Å². The Labute approximate surface area is 215 Å². The Hall–Kier alpha value is -3.56. The van der Waals surface area contributed by atoms with Crippen molar-refractivity contribution in [3.8, 4) is 0 Å². The van der Waals surface area contributed by atoms with Crippen molar-refractivity contribution in [2.24, 2.45) is 5.16 Å². The third kappa shape index (κ3) is 4.18. The molecule has 12 nitrogen and oxygen atoms in total. The quantitative estimate of drug-likeness (QED) is 0.164. The van der Waals surface area contributed by atoms with E-state index in [1.54, 1.807) is 17.5 Å². The first kappa shape index (κ1) is 24.1. The summed E-state index contributed by atoms with van der Waals surface area (Å²) in [7, 11) is 1.29. The van der Waals surface area contributed by atoms with Gasteiger partial charge in [-0.05, 0) is 12.1 Å². The Bertz CT molecular complexity index is 1400. The van der Waals surface area contributed by atoms with E-state index >= 15 is 0 Å². The van der Waals surface area contributed by atoms with Crippen LogP contribution in [0.25, 0.3) is 11.1 Å². The maximum atomic E-state index is 12.8. The molecule has 4 N–H and O–H groups in total. The van der Waals surface area contributed by atoms with Crippen LogP contribution in [-0.4, -0.2) is 62.2 Å². The maximum Gasteiger partial charge on any atom is 0.352 e. The van der Waals surface area contributed by atoms with Crippen molar-refractivity contribution in [3.05, 3.63) is 46.6 Å². The second-order valence-electron chi connectivity index (χ2n) is 7.57. The number of hydrogen-bond donors (Lipinski definition) is 3. The van der Waals surface area contributed by atoms with Crippen LogP contribution in [0.3, 0.4) is 0 Å². The summed E-state index contributed by atoms with van der Waals surface area (Å²) < 4.78 is 5.79. The predicted octanol–water partition coefficient (Wildman–Crippen LogP) is 2.20. The van der Waals surface area contributed by atoms with Crippen LogP contribution in [0.5, 0.6) is 0 Å². The number of carbonyl (C=O) groups is 3. The third-order valence-electron chi connectivity index (χ3n) is 5.44. The van der Waals surface area contributed by atoms with Crippen molar-refractivity contribution in [3.63, 3.8) is 0 Å². The molecular formula is C21H18N6O6S3. The van der Waals surface area contributed by atoms with Crippen LogP contribution < -0.4 is 11.1 Å². The molecule has 3 aromatic rings. The number of para-hydroxylation sites is 2. The SMILES string of the molecule is CON=CC(=O)NC1(c2csc(N)n2)S[C@H]2CC(=O)N2C(C(=O)O)=C1CSc1nc2ccccc2o1. The highest BCUT2D eigenvalue weighted by atomic mass is 32.2. The molecule has 186 valence electrons. The number of amides is 2. The van der Waals surface area contributed by atoms with Crippen molar-refractivity contribution in [1.29, 1.82) is 0 Å². The van der Waals surface area contributed by atoms with Gasteiger partial charge in [0.15, 0.2) is 15.6 Å². The van der Waals surface area contributed by atoms with Crippen molar-refractivity contribution in [2.45, 2.75) is 21.9 Å². The molecule has 2 aliphatic heterocycles. The van der Waals surface area contributed by atoms with E-state index in [9.17, 15) is 19.5 Å². The number of aromatic nitrogens is 2. The molecule has 0 spiro atoms. The average Bonchev–Trinajstić information content (AvgIpc) is 3.47. The molecule has 2 aromatic heterocycles. The van der Waals surface area contributed by atoms with Crippen LogP contribution in [0.4, 0.5) is 5.13 Å². The van der Waals surface area contributed by atoms with E-state index in [4.69, 9.17) is 10.2 Å². The molecule has 36 heavy (non-hydrogen) atoms. The minimum atomic E-state index is -1.46. The van der Waals surface area contributed by atoms with Gasteiger partial charge in [0.1, 0.15) is 24.5 Å². The number of nitrogen functional groups attached to an aromatic ring is 1. The standard InChI is InChI=1S/C21H18N6O6S3/c1-32-23-7-14(28)26-21(13-9-34-19(22)25-13)10(17(18(30)31)27-15(29)6-16(27)36-21)8-35-20-24-11-4-2-3-5-12(11)33-20/h2-5,7,9,16H,6,8H2,1H3,(H2,22,25)(H,26,28)(H,30,31)/t16-,21?/m0/s1. The highest BCUT2D eigenvalue weighted by molar-refractivity contribution is 8.01. The molecule has 2 atom stereocenters. The number of thiazole rings is 1. The molecule has 0 bridgehead atoms. The minimum Gasteiger partial charge on any atom is -0.477 e. The number of hydrogen-bond acceptors (Lipinski definition) is 12. The Morgan fingerprint density at radius 1 is 1.44 bits per heavy atom. The van der Waals surface area contributed by atoms with Gasteiger partial charge in [-0.15, -0.1) is 11.3 Å². The summed E-state index contributed by atoms with van der Waals surface area (Å²) in [5.74, 6) is -2.28. The maximum absolute atomic E-state index is 12.8. The minimum absolute atomic E-state index is 0.0110. The molecule has 15 heteroatoms. The number of β-lactam (4-membered cyclic amide) rings is 1. The van der Waals surface area contributed by atoms with Gasteiger partial charge in [-0.2, -0.15) is 0 Å². The van der Waals surface area contributed by atoms with Gasteiger partial charge in [-0.25, -0.2) is 14.8 Å². The lowest BCUT2D eigenvalue weighted by Gasteiger charge is -2.51. The number of nitrogens with one attached hydrogen (secondary N) is 1. The normalized spacial score (nSPS) is 21.5. The second kappa shape index (κ2) is 9.48. The Morgan fingerprint density at radius 2 is 2.25 bits per heavy atom. The number of thioether (sulfide) groups is 2. The number of nitrogens with two attached hydrogens (primary N) is 1. The first-order valence-electron chi connectivity index (χ1n) is 10.4. The van der Waals surface area contributed by atoms with Gasteiger partial charge < -0.3 is 25.4 Å². The number of fused-ring (bicyclic) bond motifs is 2. The molecule has 0 radical (unpaired) electrons. The zero-order chi connectivity index (χ0) is 25.4. The molecule has 4 heterocycles. The monoisotopic (exact) mass is 546 g/mol. The number of benzene rings is 1. The lowest BCUT2D eigenvalue weighted by Crippen LogP contribution is -2.61. The Morgan fingerprint density at radius 3 is 2.92 bits per heavy atom. The molecule has 1 saturated heterocycles. The number of nitrogens with zero attached hydrogens (tertiary/aromatic N) is 4. The van der Waals surface area contributed by atoms with Gasteiger partial charge in [0, 0.05) is 16.7 Å². The van der Waals surface area contributed by atoms with Crippen LogP contribution in [0, 0.1) is 0 Å². The first-order chi connectivity index (χ1) is 17.3. The summed E-state index contributed by atoms with van der Waals surface area (Å²) in [6, 6.07) is 7.20. The van der Waals surface area contributed by atoms with Gasteiger partial charge in [0.05, 0.1) is 17.5 Å². The highest BCUT2D eigenvalue weighted by Crippen LogP contribution is 2.55. The van der Waals surface area contributed by atoms with E-state index < -0.39 is 22.1 Å². The van der Waals surface area contributed by atoms with Crippen molar-refractivity contribution < 1.29 is 28.7 Å². The molecule has 5 rings (SSSR count). The van der Waals surface area contributed by atoms with E-state index in [1.165, 1.54) is 23.8 Å². The molecule has 0 aliphatic carbocycles. The highest BCUT2D eigenvalue weighted by Gasteiger charge is 2.56. The molecule has 1 unspecified atom stereocenters. The summed E-state index contributed by atoms with van der Waals surface area (Å²) >= 11 is 3.49. The second-order valence-corrected chi connectivity index (χ2v) is 10.8. The number of carboxylic acids is 1. The van der Waals surface area contributed by atoms with Crippen LogP contribution >= 0.6 is 34.9 Å². The third-order valence-corrected chi connectivity index (χ3v) is 8.53. The molecule has 1 aromatic carbocycles. The number of aliphatic carboxylic acids is 1. The average molecular weight is 547 g/mol. The summed E-state index contributed by atoms with van der Waals surface area (Å²) in [4.78, 5) is 51.0. The Kier molecular flexibility index (Phi) is 6.36. The summed E-state index contributed by atoms with van der Waals surface area (Å²) in [5.41, 5.74) is 7.46. The zero-order valence-electron chi connectivity index (χ0n) is 18.5. The van der Waals surface area contributed by atoms with Gasteiger partial charge in [0.2, 0.25) is 5.91 Å². The van der Waals surface area contributed by atoms with Crippen molar-refractivity contribution in [2.75, 3.05) is 18.6 Å². The number of carbonyl (C=O) groups excluding carboxylic acids is 2. The molecule has 2 aliphatic rings. The van der Waals surface area contributed by atoms with Gasteiger partial charge in [-0.1, -0.05) is 40.8 Å². The molecule has 1 fully saturated rings. The van der Waals surface area contributed by atoms with Crippen LogP contribution in [-0.2, 0) is 24.1 Å².